The van der Waals surface area contributed by atoms with Gasteiger partial charge < -0.3 is 10.8 Å². The summed E-state index contributed by atoms with van der Waals surface area (Å²) in [5.74, 6) is 0. The molecule has 1 saturated carbocycles. The Morgan fingerprint density at radius 2 is 1.44 bits per heavy atom. The molecule has 0 atom stereocenters. The largest absolute Gasteiger partial charge is 0.389 e. The minimum Gasteiger partial charge on any atom is -0.389 e. The first kappa shape index (κ1) is 16.0. The molecule has 0 saturated heterocycles. The molecule has 0 aromatic heterocycles. The van der Waals surface area contributed by atoms with E-state index in [4.69, 9.17) is 5.73 Å². The smallest absolute Gasteiger partial charge is 0.0715 e. The summed E-state index contributed by atoms with van der Waals surface area (Å²) in [4.78, 5) is 0. The highest BCUT2D eigenvalue weighted by molar-refractivity contribution is 5.02. The maximum absolute atomic E-state index is 11.2. The zero-order valence-electron chi connectivity index (χ0n) is 12.9. The van der Waals surface area contributed by atoms with Crippen molar-refractivity contribution in [1.29, 1.82) is 0 Å². The summed E-state index contributed by atoms with van der Waals surface area (Å²) >= 11 is 0. The summed E-state index contributed by atoms with van der Waals surface area (Å²) in [7, 11) is 0. The molecule has 1 rings (SSSR count). The summed E-state index contributed by atoms with van der Waals surface area (Å²) in [6, 6.07) is 0. The molecule has 0 heterocycles. The van der Waals surface area contributed by atoms with Crippen LogP contribution in [0.3, 0.4) is 0 Å². The van der Waals surface area contributed by atoms with Crippen molar-refractivity contribution in [2.75, 3.05) is 6.54 Å². The minimum absolute atomic E-state index is 0.0332. The molecule has 1 aliphatic rings. The molecular formula is C16H33NO. The molecule has 108 valence electrons. The Bertz CT molecular complexity index is 244. The van der Waals surface area contributed by atoms with E-state index in [-0.39, 0.29) is 5.41 Å². The van der Waals surface area contributed by atoms with Crippen LogP contribution < -0.4 is 5.73 Å². The van der Waals surface area contributed by atoms with E-state index in [1.807, 2.05) is 0 Å². The Balaban J connectivity index is 2.91. The van der Waals surface area contributed by atoms with Crippen molar-refractivity contribution in [3.05, 3.63) is 0 Å². The van der Waals surface area contributed by atoms with Gasteiger partial charge in [0.05, 0.1) is 5.60 Å². The number of hydrogen-bond donors (Lipinski definition) is 2. The lowest BCUT2D eigenvalue weighted by atomic mass is 9.56. The van der Waals surface area contributed by atoms with Gasteiger partial charge in [-0.1, -0.05) is 40.5 Å². The molecule has 0 spiro atoms. The monoisotopic (exact) mass is 255 g/mol. The van der Waals surface area contributed by atoms with Crippen LogP contribution >= 0.6 is 0 Å². The zero-order valence-corrected chi connectivity index (χ0v) is 12.9. The van der Waals surface area contributed by atoms with Crippen LogP contribution in [0.4, 0.5) is 0 Å². The summed E-state index contributed by atoms with van der Waals surface area (Å²) < 4.78 is 0. The predicted molar refractivity (Wildman–Crippen MR) is 78.5 cm³/mol. The molecule has 0 radical (unpaired) electrons. The van der Waals surface area contributed by atoms with E-state index < -0.39 is 5.60 Å². The third kappa shape index (κ3) is 3.08. The van der Waals surface area contributed by atoms with E-state index in [1.165, 1.54) is 12.8 Å². The van der Waals surface area contributed by atoms with Crippen molar-refractivity contribution in [2.24, 2.45) is 16.6 Å². The van der Waals surface area contributed by atoms with Gasteiger partial charge in [0.2, 0.25) is 0 Å². The third-order valence-electron chi connectivity index (χ3n) is 5.27. The quantitative estimate of drug-likeness (QED) is 0.757. The van der Waals surface area contributed by atoms with E-state index in [9.17, 15) is 5.11 Å². The number of hydrogen-bond acceptors (Lipinski definition) is 2. The third-order valence-corrected chi connectivity index (χ3v) is 5.27. The fourth-order valence-electron chi connectivity index (χ4n) is 3.75. The van der Waals surface area contributed by atoms with Crippen molar-refractivity contribution < 1.29 is 5.11 Å². The summed E-state index contributed by atoms with van der Waals surface area (Å²) in [5, 5.41) is 11.2. The van der Waals surface area contributed by atoms with E-state index in [0.717, 1.165) is 38.5 Å². The first-order valence-electron chi connectivity index (χ1n) is 7.77. The van der Waals surface area contributed by atoms with Gasteiger partial charge in [0, 0.05) is 12.0 Å². The maximum atomic E-state index is 11.2. The second kappa shape index (κ2) is 5.92. The Morgan fingerprint density at radius 1 is 1.00 bits per heavy atom. The van der Waals surface area contributed by atoms with Gasteiger partial charge in [0.1, 0.15) is 0 Å². The zero-order chi connectivity index (χ0) is 13.9. The van der Waals surface area contributed by atoms with Crippen LogP contribution in [0.1, 0.15) is 79.1 Å². The van der Waals surface area contributed by atoms with Gasteiger partial charge >= 0.3 is 0 Å². The first-order chi connectivity index (χ1) is 8.35. The lowest BCUT2D eigenvalue weighted by Gasteiger charge is -2.52. The molecule has 2 heteroatoms. The van der Waals surface area contributed by atoms with Gasteiger partial charge in [-0.3, -0.25) is 0 Å². The molecule has 0 amide bonds. The van der Waals surface area contributed by atoms with Crippen LogP contribution in [-0.2, 0) is 0 Å². The van der Waals surface area contributed by atoms with Crippen LogP contribution in [0, 0.1) is 10.8 Å². The Morgan fingerprint density at radius 3 is 1.78 bits per heavy atom. The predicted octanol–water partition coefficient (Wildman–Crippen LogP) is 3.86. The Labute approximate surface area is 113 Å². The van der Waals surface area contributed by atoms with Gasteiger partial charge in [-0.2, -0.15) is 0 Å². The number of rotatable bonds is 6. The molecular weight excluding hydrogens is 222 g/mol. The van der Waals surface area contributed by atoms with Crippen molar-refractivity contribution >= 4 is 0 Å². The van der Waals surface area contributed by atoms with Gasteiger partial charge in [-0.25, -0.2) is 0 Å². The van der Waals surface area contributed by atoms with Crippen LogP contribution in [0.2, 0.25) is 0 Å². The molecule has 0 aromatic rings. The van der Waals surface area contributed by atoms with Crippen LogP contribution in [0.15, 0.2) is 0 Å². The van der Waals surface area contributed by atoms with Crippen molar-refractivity contribution in [3.8, 4) is 0 Å². The van der Waals surface area contributed by atoms with Crippen LogP contribution in [-0.4, -0.2) is 17.3 Å². The number of nitrogens with two attached hydrogens (primary N) is 1. The van der Waals surface area contributed by atoms with Crippen molar-refractivity contribution in [1.82, 2.24) is 0 Å². The van der Waals surface area contributed by atoms with Gasteiger partial charge in [-0.15, -0.1) is 0 Å². The molecule has 2 nitrogen and oxygen atoms in total. The average Bonchev–Trinajstić information content (AvgIpc) is 2.30. The molecule has 1 aliphatic carbocycles. The second-order valence-electron chi connectivity index (χ2n) is 7.18. The molecule has 1 fully saturated rings. The molecule has 0 bridgehead atoms. The Hall–Kier alpha value is -0.0800. The summed E-state index contributed by atoms with van der Waals surface area (Å²) in [6.45, 7) is 9.65. The molecule has 18 heavy (non-hydrogen) atoms. The SMILES string of the molecule is CCCC(O)(CCC)C1(CN)CCC(C)(C)CC1. The average molecular weight is 255 g/mol. The lowest BCUT2D eigenvalue weighted by molar-refractivity contribution is -0.122. The Kier molecular flexibility index (Phi) is 5.25. The standard InChI is InChI=1S/C16H33NO/c1-5-7-16(18,8-6-2)15(13-17)11-9-14(3,4)10-12-15/h18H,5-13,17H2,1-4H3. The van der Waals surface area contributed by atoms with E-state index in [0.29, 0.717) is 12.0 Å². The first-order valence-corrected chi connectivity index (χ1v) is 7.77. The van der Waals surface area contributed by atoms with E-state index in [1.54, 1.807) is 0 Å². The molecule has 3 N–H and O–H groups in total. The van der Waals surface area contributed by atoms with Gasteiger partial charge in [-0.05, 0) is 43.9 Å². The molecule has 0 aromatic carbocycles. The molecule has 0 unspecified atom stereocenters. The summed E-state index contributed by atoms with van der Waals surface area (Å²) in [5.41, 5.74) is 5.97. The fourth-order valence-corrected chi connectivity index (χ4v) is 3.75. The van der Waals surface area contributed by atoms with Gasteiger partial charge in [0.25, 0.3) is 0 Å². The highest BCUT2D eigenvalue weighted by Crippen LogP contribution is 2.52. The van der Waals surface area contributed by atoms with Crippen LogP contribution in [0.25, 0.3) is 0 Å². The maximum Gasteiger partial charge on any atom is 0.0715 e. The normalized spacial score (nSPS) is 23.0. The topological polar surface area (TPSA) is 46.2 Å². The fraction of sp³-hybridized carbons (Fsp3) is 1.00. The second-order valence-corrected chi connectivity index (χ2v) is 7.18. The van der Waals surface area contributed by atoms with E-state index in [2.05, 4.69) is 27.7 Å². The lowest BCUT2D eigenvalue weighted by Crippen LogP contribution is -2.55. The van der Waals surface area contributed by atoms with Gasteiger partial charge in [0.15, 0.2) is 0 Å². The summed E-state index contributed by atoms with van der Waals surface area (Å²) in [6.07, 6.45) is 8.46. The highest BCUT2D eigenvalue weighted by Gasteiger charge is 2.50. The van der Waals surface area contributed by atoms with Crippen molar-refractivity contribution in [2.45, 2.75) is 84.7 Å². The van der Waals surface area contributed by atoms with Crippen LogP contribution in [0.5, 0.6) is 0 Å². The van der Waals surface area contributed by atoms with Crippen molar-refractivity contribution in [3.63, 3.8) is 0 Å². The van der Waals surface area contributed by atoms with E-state index >= 15 is 0 Å². The number of aliphatic hydroxyl groups is 1. The highest BCUT2D eigenvalue weighted by atomic mass is 16.3. The molecule has 0 aliphatic heterocycles. The minimum atomic E-state index is -0.540.